The lowest BCUT2D eigenvalue weighted by molar-refractivity contribution is 0.195. The third kappa shape index (κ3) is 0.744. The van der Waals surface area contributed by atoms with Crippen LogP contribution in [0, 0.1) is 11.3 Å². The second-order valence-corrected chi connectivity index (χ2v) is 4.40. The van der Waals surface area contributed by atoms with Crippen molar-refractivity contribution < 1.29 is 5.11 Å². The van der Waals surface area contributed by atoms with E-state index in [-0.39, 0.29) is 17.9 Å². The van der Waals surface area contributed by atoms with Crippen LogP contribution in [0.5, 0.6) is 0 Å². The molecule has 10 heavy (non-hydrogen) atoms. The van der Waals surface area contributed by atoms with Crippen LogP contribution < -0.4 is 0 Å². The fourth-order valence-electron chi connectivity index (χ4n) is 1.60. The van der Waals surface area contributed by atoms with Gasteiger partial charge in [0.2, 0.25) is 0 Å². The van der Waals surface area contributed by atoms with E-state index >= 15 is 0 Å². The van der Waals surface area contributed by atoms with Crippen molar-refractivity contribution in [1.82, 2.24) is 0 Å². The zero-order valence-corrected chi connectivity index (χ0v) is 7.71. The number of halogens is 2. The zero-order valence-electron chi connectivity index (χ0n) is 6.19. The number of alkyl halides is 2. The fourth-order valence-corrected chi connectivity index (χ4v) is 2.63. The molecule has 1 unspecified atom stereocenters. The first-order valence-electron chi connectivity index (χ1n) is 3.51. The van der Waals surface area contributed by atoms with Crippen LogP contribution in [-0.2, 0) is 0 Å². The Morgan fingerprint density at radius 3 is 1.90 bits per heavy atom. The summed E-state index contributed by atoms with van der Waals surface area (Å²) in [4.78, 5) is 0. The van der Waals surface area contributed by atoms with Crippen molar-refractivity contribution in [3.8, 4) is 0 Å². The standard InChI is InChI=1S/C7H12Cl2O/c1-3-6(4-10)5(2)7(6,8)9/h5,10H,3-4H2,1-2H3/t5?,6-/m1/s1. The van der Waals surface area contributed by atoms with Crippen LogP contribution in [-0.4, -0.2) is 16.0 Å². The molecule has 0 saturated heterocycles. The molecular weight excluding hydrogens is 171 g/mol. The molecule has 0 aromatic rings. The molecule has 0 bridgehead atoms. The number of aliphatic hydroxyl groups is 1. The molecule has 3 heteroatoms. The number of hydrogen-bond acceptors (Lipinski definition) is 1. The van der Waals surface area contributed by atoms with E-state index in [1.807, 2.05) is 13.8 Å². The highest BCUT2D eigenvalue weighted by Gasteiger charge is 2.71. The summed E-state index contributed by atoms with van der Waals surface area (Å²) in [6, 6.07) is 0. The molecule has 1 nitrogen and oxygen atoms in total. The van der Waals surface area contributed by atoms with Gasteiger partial charge in [0.25, 0.3) is 0 Å². The van der Waals surface area contributed by atoms with Crippen molar-refractivity contribution >= 4 is 23.2 Å². The highest BCUT2D eigenvalue weighted by molar-refractivity contribution is 6.51. The summed E-state index contributed by atoms with van der Waals surface area (Å²) < 4.78 is -0.684. The molecule has 0 heterocycles. The SMILES string of the molecule is CC[C@@]1(CO)C(C)C1(Cl)Cl. The van der Waals surface area contributed by atoms with E-state index in [2.05, 4.69) is 0 Å². The minimum atomic E-state index is -0.684. The van der Waals surface area contributed by atoms with Crippen LogP contribution >= 0.6 is 23.2 Å². The lowest BCUT2D eigenvalue weighted by Crippen LogP contribution is -2.13. The Bertz CT molecular complexity index is 141. The van der Waals surface area contributed by atoms with E-state index in [0.717, 1.165) is 6.42 Å². The minimum Gasteiger partial charge on any atom is -0.396 e. The summed E-state index contributed by atoms with van der Waals surface area (Å²) in [5.74, 6) is 0.221. The van der Waals surface area contributed by atoms with Crippen LogP contribution in [0.2, 0.25) is 0 Å². The lowest BCUT2D eigenvalue weighted by atomic mass is 10.0. The molecular formula is C7H12Cl2O. The third-order valence-electron chi connectivity index (χ3n) is 2.87. The first-order valence-corrected chi connectivity index (χ1v) is 4.27. The monoisotopic (exact) mass is 182 g/mol. The van der Waals surface area contributed by atoms with Crippen LogP contribution in [0.25, 0.3) is 0 Å². The molecule has 0 spiro atoms. The third-order valence-corrected chi connectivity index (χ3v) is 4.27. The van der Waals surface area contributed by atoms with Crippen LogP contribution in [0.4, 0.5) is 0 Å². The van der Waals surface area contributed by atoms with Gasteiger partial charge in [0.1, 0.15) is 4.33 Å². The van der Waals surface area contributed by atoms with Gasteiger partial charge in [-0.2, -0.15) is 0 Å². The molecule has 1 aliphatic rings. The molecule has 0 aromatic carbocycles. The van der Waals surface area contributed by atoms with Crippen LogP contribution in [0.3, 0.4) is 0 Å². The topological polar surface area (TPSA) is 20.2 Å². The summed E-state index contributed by atoms with van der Waals surface area (Å²) >= 11 is 11.8. The Morgan fingerprint density at radius 1 is 1.50 bits per heavy atom. The van der Waals surface area contributed by atoms with E-state index < -0.39 is 4.33 Å². The van der Waals surface area contributed by atoms with Gasteiger partial charge < -0.3 is 5.11 Å². The molecule has 1 saturated carbocycles. The fraction of sp³-hybridized carbons (Fsp3) is 1.00. The summed E-state index contributed by atoms with van der Waals surface area (Å²) in [5, 5.41) is 8.99. The Kier molecular flexibility index (Phi) is 1.95. The molecule has 2 atom stereocenters. The zero-order chi connectivity index (χ0) is 7.99. The van der Waals surface area contributed by atoms with Crippen molar-refractivity contribution in [3.63, 3.8) is 0 Å². The van der Waals surface area contributed by atoms with Crippen molar-refractivity contribution in [2.75, 3.05) is 6.61 Å². The van der Waals surface area contributed by atoms with Crippen molar-refractivity contribution in [2.24, 2.45) is 11.3 Å². The predicted molar refractivity (Wildman–Crippen MR) is 43.4 cm³/mol. The van der Waals surface area contributed by atoms with E-state index in [0.29, 0.717) is 0 Å². The largest absolute Gasteiger partial charge is 0.396 e. The van der Waals surface area contributed by atoms with E-state index in [4.69, 9.17) is 28.3 Å². The second kappa shape index (κ2) is 2.26. The number of hydrogen-bond donors (Lipinski definition) is 1. The van der Waals surface area contributed by atoms with Gasteiger partial charge in [0, 0.05) is 11.3 Å². The van der Waals surface area contributed by atoms with E-state index in [1.54, 1.807) is 0 Å². The molecule has 1 fully saturated rings. The van der Waals surface area contributed by atoms with Gasteiger partial charge in [-0.1, -0.05) is 13.8 Å². The molecule has 1 aliphatic carbocycles. The van der Waals surface area contributed by atoms with Crippen LogP contribution in [0.1, 0.15) is 20.3 Å². The molecule has 0 aromatic heterocycles. The van der Waals surface area contributed by atoms with Gasteiger partial charge in [0.15, 0.2) is 0 Å². The average molecular weight is 183 g/mol. The van der Waals surface area contributed by atoms with Gasteiger partial charge in [-0.05, 0) is 6.42 Å². The molecule has 1 N–H and O–H groups in total. The van der Waals surface area contributed by atoms with E-state index in [1.165, 1.54) is 0 Å². The normalized spacial score (nSPS) is 43.5. The summed E-state index contributed by atoms with van der Waals surface area (Å²) in [7, 11) is 0. The highest BCUT2D eigenvalue weighted by Crippen LogP contribution is 2.70. The summed E-state index contributed by atoms with van der Waals surface area (Å²) in [6.07, 6.45) is 0.845. The Labute approximate surface area is 71.3 Å². The van der Waals surface area contributed by atoms with Gasteiger partial charge in [-0.15, -0.1) is 23.2 Å². The first kappa shape index (κ1) is 8.63. The predicted octanol–water partition coefficient (Wildman–Crippen LogP) is 2.20. The number of rotatable bonds is 2. The maximum Gasteiger partial charge on any atom is 0.129 e. The molecule has 60 valence electrons. The van der Waals surface area contributed by atoms with Crippen molar-refractivity contribution in [2.45, 2.75) is 24.6 Å². The highest BCUT2D eigenvalue weighted by atomic mass is 35.5. The smallest absolute Gasteiger partial charge is 0.129 e. The lowest BCUT2D eigenvalue weighted by Gasteiger charge is -2.10. The maximum atomic E-state index is 8.99. The van der Waals surface area contributed by atoms with Gasteiger partial charge in [0.05, 0.1) is 6.61 Å². The summed E-state index contributed by atoms with van der Waals surface area (Å²) in [5.41, 5.74) is -0.226. The van der Waals surface area contributed by atoms with Gasteiger partial charge in [-0.3, -0.25) is 0 Å². The van der Waals surface area contributed by atoms with Crippen LogP contribution in [0.15, 0.2) is 0 Å². The van der Waals surface area contributed by atoms with Gasteiger partial charge >= 0.3 is 0 Å². The molecule has 1 rings (SSSR count). The summed E-state index contributed by atoms with van der Waals surface area (Å²) in [6.45, 7) is 4.07. The molecule has 0 amide bonds. The average Bonchev–Trinajstić information content (AvgIpc) is 2.31. The van der Waals surface area contributed by atoms with Crippen molar-refractivity contribution in [3.05, 3.63) is 0 Å². The Hall–Kier alpha value is 0.540. The maximum absolute atomic E-state index is 8.99. The van der Waals surface area contributed by atoms with Gasteiger partial charge in [-0.25, -0.2) is 0 Å². The Balaban J connectivity index is 2.73. The first-order chi connectivity index (χ1) is 4.53. The number of aliphatic hydroxyl groups excluding tert-OH is 1. The molecule has 0 aliphatic heterocycles. The molecule has 0 radical (unpaired) electrons. The Morgan fingerprint density at radius 2 is 1.90 bits per heavy atom. The minimum absolute atomic E-state index is 0.0949. The van der Waals surface area contributed by atoms with Crippen molar-refractivity contribution in [1.29, 1.82) is 0 Å². The second-order valence-electron chi connectivity index (χ2n) is 3.01. The quantitative estimate of drug-likeness (QED) is 0.650. The van der Waals surface area contributed by atoms with E-state index in [9.17, 15) is 0 Å².